The molecule has 1 heterocycles. The standard InChI is InChI=1S/C11H10ClN3/c1-7-9(8-5-3-2-4-6-8)14-11(13)15-10(7)12/h2-6H,1H3,(H2,13,14,15). The lowest BCUT2D eigenvalue weighted by Crippen LogP contribution is -1.99. The predicted octanol–water partition coefficient (Wildman–Crippen LogP) is 2.69. The van der Waals surface area contributed by atoms with Crippen molar-refractivity contribution in [3.8, 4) is 11.3 Å². The Hall–Kier alpha value is -1.61. The Balaban J connectivity index is 2.63. The summed E-state index contributed by atoms with van der Waals surface area (Å²) in [6.07, 6.45) is 0. The molecule has 3 nitrogen and oxygen atoms in total. The minimum atomic E-state index is 0.199. The topological polar surface area (TPSA) is 51.8 Å². The molecule has 4 heteroatoms. The molecule has 0 spiro atoms. The van der Waals surface area contributed by atoms with Crippen LogP contribution in [0.3, 0.4) is 0 Å². The van der Waals surface area contributed by atoms with Crippen LogP contribution >= 0.6 is 11.6 Å². The van der Waals surface area contributed by atoms with Gasteiger partial charge in [-0.05, 0) is 6.92 Å². The number of nitrogens with two attached hydrogens (primary N) is 1. The average Bonchev–Trinajstić information content (AvgIpc) is 2.24. The smallest absolute Gasteiger partial charge is 0.222 e. The molecular formula is C11H10ClN3. The van der Waals surface area contributed by atoms with Crippen LogP contribution in [-0.4, -0.2) is 9.97 Å². The number of halogens is 1. The second-order valence-electron chi connectivity index (χ2n) is 3.21. The van der Waals surface area contributed by atoms with Gasteiger partial charge in [-0.1, -0.05) is 41.9 Å². The number of nitrogen functional groups attached to an aromatic ring is 1. The fourth-order valence-electron chi connectivity index (χ4n) is 1.38. The second kappa shape index (κ2) is 3.87. The normalized spacial score (nSPS) is 10.3. The highest BCUT2D eigenvalue weighted by atomic mass is 35.5. The van der Waals surface area contributed by atoms with Crippen LogP contribution in [0.15, 0.2) is 30.3 Å². The highest BCUT2D eigenvalue weighted by Crippen LogP contribution is 2.25. The number of nitrogens with zero attached hydrogens (tertiary/aromatic N) is 2. The molecule has 0 radical (unpaired) electrons. The maximum absolute atomic E-state index is 5.94. The summed E-state index contributed by atoms with van der Waals surface area (Å²) >= 11 is 5.94. The first-order valence-electron chi connectivity index (χ1n) is 4.53. The van der Waals surface area contributed by atoms with Gasteiger partial charge >= 0.3 is 0 Å². The number of rotatable bonds is 1. The SMILES string of the molecule is Cc1c(Cl)nc(N)nc1-c1ccccc1. The highest BCUT2D eigenvalue weighted by Gasteiger charge is 2.08. The largest absolute Gasteiger partial charge is 0.368 e. The van der Waals surface area contributed by atoms with Crippen molar-refractivity contribution in [3.63, 3.8) is 0 Å². The lowest BCUT2D eigenvalue weighted by atomic mass is 10.1. The van der Waals surface area contributed by atoms with Gasteiger partial charge in [0.15, 0.2) is 0 Å². The van der Waals surface area contributed by atoms with Crippen molar-refractivity contribution in [2.75, 3.05) is 5.73 Å². The van der Waals surface area contributed by atoms with Gasteiger partial charge in [-0.25, -0.2) is 9.97 Å². The van der Waals surface area contributed by atoms with E-state index in [1.165, 1.54) is 0 Å². The van der Waals surface area contributed by atoms with E-state index in [1.54, 1.807) is 0 Å². The van der Waals surface area contributed by atoms with Crippen LogP contribution in [0.5, 0.6) is 0 Å². The Morgan fingerprint density at radius 2 is 1.80 bits per heavy atom. The van der Waals surface area contributed by atoms with Crippen LogP contribution in [0.25, 0.3) is 11.3 Å². The van der Waals surface area contributed by atoms with Crippen LogP contribution in [0.1, 0.15) is 5.56 Å². The van der Waals surface area contributed by atoms with Gasteiger partial charge < -0.3 is 5.73 Å². The molecule has 0 atom stereocenters. The van der Waals surface area contributed by atoms with Crippen LogP contribution in [0.4, 0.5) is 5.95 Å². The fraction of sp³-hybridized carbons (Fsp3) is 0.0909. The molecule has 2 N–H and O–H groups in total. The summed E-state index contributed by atoms with van der Waals surface area (Å²) < 4.78 is 0. The highest BCUT2D eigenvalue weighted by molar-refractivity contribution is 6.30. The van der Waals surface area contributed by atoms with Gasteiger partial charge in [0.25, 0.3) is 0 Å². The molecule has 15 heavy (non-hydrogen) atoms. The van der Waals surface area contributed by atoms with E-state index in [4.69, 9.17) is 17.3 Å². The van der Waals surface area contributed by atoms with Gasteiger partial charge in [0, 0.05) is 11.1 Å². The molecule has 0 saturated carbocycles. The molecule has 2 aromatic rings. The summed E-state index contributed by atoms with van der Waals surface area (Å²) in [7, 11) is 0. The van der Waals surface area contributed by atoms with E-state index >= 15 is 0 Å². The fourth-order valence-corrected chi connectivity index (χ4v) is 1.56. The van der Waals surface area contributed by atoms with Gasteiger partial charge in [-0.3, -0.25) is 0 Å². The van der Waals surface area contributed by atoms with E-state index in [2.05, 4.69) is 9.97 Å². The maximum atomic E-state index is 5.94. The van der Waals surface area contributed by atoms with E-state index in [-0.39, 0.29) is 5.95 Å². The predicted molar refractivity (Wildman–Crippen MR) is 61.6 cm³/mol. The number of anilines is 1. The van der Waals surface area contributed by atoms with Gasteiger partial charge in [0.1, 0.15) is 5.15 Å². The summed E-state index contributed by atoms with van der Waals surface area (Å²) in [6.45, 7) is 1.88. The molecule has 0 unspecified atom stereocenters. The molecular weight excluding hydrogens is 210 g/mol. The number of benzene rings is 1. The van der Waals surface area contributed by atoms with Gasteiger partial charge in [-0.15, -0.1) is 0 Å². The van der Waals surface area contributed by atoms with Gasteiger partial charge in [0.2, 0.25) is 5.95 Å². The minimum absolute atomic E-state index is 0.199. The van der Waals surface area contributed by atoms with Crippen molar-refractivity contribution < 1.29 is 0 Å². The van der Waals surface area contributed by atoms with E-state index in [0.29, 0.717) is 5.15 Å². The third-order valence-corrected chi connectivity index (χ3v) is 2.52. The second-order valence-corrected chi connectivity index (χ2v) is 3.57. The van der Waals surface area contributed by atoms with Crippen molar-refractivity contribution >= 4 is 17.5 Å². The quantitative estimate of drug-likeness (QED) is 0.751. The van der Waals surface area contributed by atoms with Crippen molar-refractivity contribution in [1.29, 1.82) is 0 Å². The van der Waals surface area contributed by atoms with E-state index in [9.17, 15) is 0 Å². The molecule has 76 valence electrons. The monoisotopic (exact) mass is 219 g/mol. The number of hydrogen-bond donors (Lipinski definition) is 1. The minimum Gasteiger partial charge on any atom is -0.368 e. The Morgan fingerprint density at radius 1 is 1.13 bits per heavy atom. The first-order chi connectivity index (χ1) is 7.18. The van der Waals surface area contributed by atoms with Crippen LogP contribution in [-0.2, 0) is 0 Å². The van der Waals surface area contributed by atoms with Crippen molar-refractivity contribution in [2.45, 2.75) is 6.92 Å². The zero-order chi connectivity index (χ0) is 10.8. The lowest BCUT2D eigenvalue weighted by Gasteiger charge is -2.06. The van der Waals surface area contributed by atoms with E-state index in [0.717, 1.165) is 16.8 Å². The third kappa shape index (κ3) is 1.92. The third-order valence-electron chi connectivity index (χ3n) is 2.15. The van der Waals surface area contributed by atoms with E-state index in [1.807, 2.05) is 37.3 Å². The number of hydrogen-bond acceptors (Lipinski definition) is 3. The zero-order valence-corrected chi connectivity index (χ0v) is 8.99. The molecule has 0 saturated heterocycles. The molecule has 0 amide bonds. The Bertz CT molecular complexity index is 483. The first-order valence-corrected chi connectivity index (χ1v) is 4.91. The lowest BCUT2D eigenvalue weighted by molar-refractivity contribution is 1.15. The summed E-state index contributed by atoms with van der Waals surface area (Å²) in [5.41, 5.74) is 8.18. The van der Waals surface area contributed by atoms with Gasteiger partial charge in [0.05, 0.1) is 5.69 Å². The molecule has 0 fully saturated rings. The van der Waals surface area contributed by atoms with Crippen LogP contribution in [0.2, 0.25) is 5.15 Å². The number of aromatic nitrogens is 2. The zero-order valence-electron chi connectivity index (χ0n) is 8.24. The maximum Gasteiger partial charge on any atom is 0.222 e. The van der Waals surface area contributed by atoms with Crippen LogP contribution in [0, 0.1) is 6.92 Å². The van der Waals surface area contributed by atoms with Crippen molar-refractivity contribution in [1.82, 2.24) is 9.97 Å². The molecule has 0 bridgehead atoms. The molecule has 2 rings (SSSR count). The summed E-state index contributed by atoms with van der Waals surface area (Å²) in [5.74, 6) is 0.199. The van der Waals surface area contributed by atoms with Gasteiger partial charge in [-0.2, -0.15) is 0 Å². The molecule has 1 aromatic heterocycles. The Morgan fingerprint density at radius 3 is 2.47 bits per heavy atom. The van der Waals surface area contributed by atoms with Crippen molar-refractivity contribution in [3.05, 3.63) is 41.0 Å². The average molecular weight is 220 g/mol. The molecule has 1 aromatic carbocycles. The summed E-state index contributed by atoms with van der Waals surface area (Å²) in [6, 6.07) is 9.77. The Kier molecular flexibility index (Phi) is 2.56. The summed E-state index contributed by atoms with van der Waals surface area (Å²) in [4.78, 5) is 8.08. The molecule has 0 aliphatic rings. The van der Waals surface area contributed by atoms with Crippen LogP contribution < -0.4 is 5.73 Å². The molecule has 0 aliphatic carbocycles. The van der Waals surface area contributed by atoms with E-state index < -0.39 is 0 Å². The van der Waals surface area contributed by atoms with Crippen molar-refractivity contribution in [2.24, 2.45) is 0 Å². The Labute approximate surface area is 92.9 Å². The first kappa shape index (κ1) is 9.93. The molecule has 0 aliphatic heterocycles. The summed E-state index contributed by atoms with van der Waals surface area (Å²) in [5, 5.41) is 0.404.